The van der Waals surface area contributed by atoms with Crippen molar-refractivity contribution in [3.05, 3.63) is 23.0 Å². The van der Waals surface area contributed by atoms with E-state index in [0.29, 0.717) is 35.8 Å². The SMILES string of the molecule is O=C(O)c1csc(SCCC2C(=O)CC[C@@H]2CCC[C@@H](O)CCC(F)=C(F)F)n1. The van der Waals surface area contributed by atoms with Crippen molar-refractivity contribution in [1.82, 2.24) is 4.98 Å². The highest BCUT2D eigenvalue weighted by molar-refractivity contribution is 8.01. The van der Waals surface area contributed by atoms with E-state index in [4.69, 9.17) is 5.11 Å². The molecule has 10 heteroatoms. The maximum atomic E-state index is 12.8. The van der Waals surface area contributed by atoms with Crippen LogP contribution in [0.1, 0.15) is 61.9 Å². The second kappa shape index (κ2) is 11.7. The predicted molar refractivity (Wildman–Crippen MR) is 105 cm³/mol. The van der Waals surface area contributed by atoms with Gasteiger partial charge >= 0.3 is 12.0 Å². The summed E-state index contributed by atoms with van der Waals surface area (Å²) in [5.41, 5.74) is 0.0236. The van der Waals surface area contributed by atoms with Crippen LogP contribution < -0.4 is 0 Å². The van der Waals surface area contributed by atoms with Gasteiger partial charge in [-0.05, 0) is 38.0 Å². The average molecular weight is 452 g/mol. The number of hydrogen-bond donors (Lipinski definition) is 2. The van der Waals surface area contributed by atoms with Gasteiger partial charge in [-0.15, -0.1) is 11.3 Å². The van der Waals surface area contributed by atoms with E-state index in [-0.39, 0.29) is 29.7 Å². The maximum Gasteiger partial charge on any atom is 0.355 e. The summed E-state index contributed by atoms with van der Waals surface area (Å²) >= 11 is 2.71. The number of carboxylic acid groups (broad SMARTS) is 1. The van der Waals surface area contributed by atoms with E-state index in [1.54, 1.807) is 0 Å². The fourth-order valence-electron chi connectivity index (χ4n) is 3.56. The normalized spacial score (nSPS) is 20.1. The molecule has 0 aromatic carbocycles. The Bertz CT molecular complexity index is 737. The zero-order valence-corrected chi connectivity index (χ0v) is 17.4. The molecule has 3 atom stereocenters. The minimum Gasteiger partial charge on any atom is -0.476 e. The van der Waals surface area contributed by atoms with Gasteiger partial charge in [-0.2, -0.15) is 8.78 Å². The molecule has 1 aromatic heterocycles. The number of aromatic nitrogens is 1. The number of carbonyl (C=O) groups excluding carboxylic acids is 1. The van der Waals surface area contributed by atoms with Crippen molar-refractivity contribution in [2.45, 2.75) is 61.8 Å². The second-order valence-corrected chi connectivity index (χ2v) is 9.30. The zero-order valence-electron chi connectivity index (χ0n) is 15.8. The Morgan fingerprint density at radius 1 is 1.31 bits per heavy atom. The summed E-state index contributed by atoms with van der Waals surface area (Å²) in [6.45, 7) is 0. The van der Waals surface area contributed by atoms with Crippen LogP contribution in [0.15, 0.2) is 21.6 Å². The van der Waals surface area contributed by atoms with Crippen LogP contribution in [0.5, 0.6) is 0 Å². The van der Waals surface area contributed by atoms with Gasteiger partial charge < -0.3 is 10.2 Å². The molecule has 1 unspecified atom stereocenters. The summed E-state index contributed by atoms with van der Waals surface area (Å²) in [5.74, 6) is -1.47. The first-order valence-corrected chi connectivity index (χ1v) is 11.4. The summed E-state index contributed by atoms with van der Waals surface area (Å²) in [5, 5.41) is 20.2. The number of carboxylic acids is 1. The zero-order chi connectivity index (χ0) is 21.4. The quantitative estimate of drug-likeness (QED) is 0.419. The first kappa shape index (κ1) is 23.9. The Morgan fingerprint density at radius 2 is 2.07 bits per heavy atom. The van der Waals surface area contributed by atoms with Gasteiger partial charge in [-0.25, -0.2) is 14.2 Å². The third kappa shape index (κ3) is 7.75. The number of thiazole rings is 1. The fourth-order valence-corrected chi connectivity index (χ4v) is 5.45. The average Bonchev–Trinajstić information content (AvgIpc) is 3.28. The topological polar surface area (TPSA) is 87.5 Å². The van der Waals surface area contributed by atoms with Crippen LogP contribution >= 0.6 is 23.1 Å². The largest absolute Gasteiger partial charge is 0.476 e. The smallest absolute Gasteiger partial charge is 0.355 e. The summed E-state index contributed by atoms with van der Waals surface area (Å²) in [4.78, 5) is 27.1. The third-order valence-electron chi connectivity index (χ3n) is 5.12. The summed E-state index contributed by atoms with van der Waals surface area (Å²) in [6, 6.07) is 0. The van der Waals surface area contributed by atoms with E-state index in [1.807, 2.05) is 0 Å². The second-order valence-electron chi connectivity index (χ2n) is 7.10. The third-order valence-corrected chi connectivity index (χ3v) is 7.17. The van der Waals surface area contributed by atoms with Crippen LogP contribution in [0.4, 0.5) is 13.2 Å². The van der Waals surface area contributed by atoms with Gasteiger partial charge in [0.1, 0.15) is 5.78 Å². The molecule has 0 radical (unpaired) electrons. The molecule has 2 rings (SSSR count). The molecule has 2 N–H and O–H groups in total. The lowest BCUT2D eigenvalue weighted by Crippen LogP contribution is -2.16. The van der Waals surface area contributed by atoms with Gasteiger partial charge in [0.15, 0.2) is 15.9 Å². The van der Waals surface area contributed by atoms with E-state index >= 15 is 0 Å². The molecule has 0 saturated heterocycles. The van der Waals surface area contributed by atoms with Gasteiger partial charge in [-0.3, -0.25) is 4.79 Å². The van der Waals surface area contributed by atoms with Crippen molar-refractivity contribution < 1.29 is 33.0 Å². The van der Waals surface area contributed by atoms with Crippen molar-refractivity contribution in [1.29, 1.82) is 0 Å². The molecule has 1 saturated carbocycles. The number of hydrogen-bond acceptors (Lipinski definition) is 6. The van der Waals surface area contributed by atoms with Crippen molar-refractivity contribution in [3.8, 4) is 0 Å². The van der Waals surface area contributed by atoms with Crippen molar-refractivity contribution in [3.63, 3.8) is 0 Å². The molecule has 0 bridgehead atoms. The Labute approximate surface area is 175 Å². The molecule has 1 aromatic rings. The number of thioether (sulfide) groups is 1. The molecule has 1 fully saturated rings. The summed E-state index contributed by atoms with van der Waals surface area (Å²) in [6.07, 6.45) is 0.150. The number of aliphatic hydroxyl groups excluding tert-OH is 1. The predicted octanol–water partition coefficient (Wildman–Crippen LogP) is 5.31. The first-order chi connectivity index (χ1) is 13.8. The standard InChI is InChI=1S/C19H24F3NO4S2/c20-14(17(21)22)6-5-12(24)3-1-2-11-4-7-16(25)13(11)8-9-28-19-23-15(10-29-19)18(26)27/h10-13,24H,1-9H2,(H,26,27)/t11-,12+,13?/m0/s1. The highest BCUT2D eigenvalue weighted by Gasteiger charge is 2.33. The van der Waals surface area contributed by atoms with Gasteiger partial charge in [-0.1, -0.05) is 18.2 Å². The van der Waals surface area contributed by atoms with Crippen LogP contribution in [0.3, 0.4) is 0 Å². The number of allylic oxidation sites excluding steroid dienone is 1. The van der Waals surface area contributed by atoms with Crippen LogP contribution in [-0.2, 0) is 4.79 Å². The highest BCUT2D eigenvalue weighted by Crippen LogP contribution is 2.37. The molecular formula is C19H24F3NO4S2. The van der Waals surface area contributed by atoms with Gasteiger partial charge in [0.25, 0.3) is 0 Å². The van der Waals surface area contributed by atoms with E-state index in [0.717, 1.165) is 12.8 Å². The molecule has 0 spiro atoms. The fraction of sp³-hybridized carbons (Fsp3) is 0.632. The number of Topliss-reactive ketones (excluding diaryl/α,β-unsaturated/α-hetero) is 1. The van der Waals surface area contributed by atoms with Crippen LogP contribution in [-0.4, -0.2) is 38.8 Å². The molecule has 0 amide bonds. The summed E-state index contributed by atoms with van der Waals surface area (Å²) < 4.78 is 37.5. The number of rotatable bonds is 12. The number of nitrogens with zero attached hydrogens (tertiary/aromatic N) is 1. The van der Waals surface area contributed by atoms with E-state index < -0.39 is 30.4 Å². The Kier molecular flexibility index (Phi) is 9.64. The van der Waals surface area contributed by atoms with Crippen molar-refractivity contribution in [2.24, 2.45) is 11.8 Å². The minimum absolute atomic E-state index is 0.0236. The lowest BCUT2D eigenvalue weighted by atomic mass is 9.88. The first-order valence-electron chi connectivity index (χ1n) is 9.50. The van der Waals surface area contributed by atoms with Gasteiger partial charge in [0.05, 0.1) is 6.10 Å². The molecule has 162 valence electrons. The highest BCUT2D eigenvalue weighted by atomic mass is 32.2. The Morgan fingerprint density at radius 3 is 2.72 bits per heavy atom. The van der Waals surface area contributed by atoms with Gasteiger partial charge in [0.2, 0.25) is 0 Å². The molecule has 0 aliphatic heterocycles. The van der Waals surface area contributed by atoms with E-state index in [1.165, 1.54) is 28.5 Å². The van der Waals surface area contributed by atoms with Crippen LogP contribution in [0.25, 0.3) is 0 Å². The Balaban J connectivity index is 1.71. The van der Waals surface area contributed by atoms with E-state index in [9.17, 15) is 27.9 Å². The summed E-state index contributed by atoms with van der Waals surface area (Å²) in [7, 11) is 0. The number of aromatic carboxylic acids is 1. The van der Waals surface area contributed by atoms with Crippen molar-refractivity contribution in [2.75, 3.05) is 5.75 Å². The van der Waals surface area contributed by atoms with E-state index in [2.05, 4.69) is 4.98 Å². The number of ketones is 1. The molecular weight excluding hydrogens is 427 g/mol. The maximum absolute atomic E-state index is 12.8. The molecule has 1 aliphatic rings. The van der Waals surface area contributed by atoms with Crippen molar-refractivity contribution >= 4 is 34.9 Å². The lowest BCUT2D eigenvalue weighted by Gasteiger charge is -2.19. The minimum atomic E-state index is -2.33. The number of aliphatic hydroxyl groups is 1. The molecule has 1 aliphatic carbocycles. The number of halogens is 3. The molecule has 29 heavy (non-hydrogen) atoms. The number of carbonyl (C=O) groups is 2. The molecule has 1 heterocycles. The van der Waals surface area contributed by atoms with Crippen LogP contribution in [0, 0.1) is 11.8 Å². The lowest BCUT2D eigenvalue weighted by molar-refractivity contribution is -0.121. The Hall–Kier alpha value is -1.39. The van der Waals surface area contributed by atoms with Crippen LogP contribution in [0.2, 0.25) is 0 Å². The molecule has 5 nitrogen and oxygen atoms in total. The monoisotopic (exact) mass is 451 g/mol. The van der Waals surface area contributed by atoms with Gasteiger partial charge in [0, 0.05) is 29.9 Å².